The Bertz CT molecular complexity index is 855. The zero-order valence-electron chi connectivity index (χ0n) is 14.4. The molecular formula is C18H20N4OS2. The van der Waals surface area contributed by atoms with E-state index in [2.05, 4.69) is 32.5 Å². The van der Waals surface area contributed by atoms with Gasteiger partial charge in [0, 0.05) is 17.8 Å². The molecule has 0 spiro atoms. The van der Waals surface area contributed by atoms with Crippen LogP contribution >= 0.6 is 22.7 Å². The van der Waals surface area contributed by atoms with Gasteiger partial charge in [0.1, 0.15) is 5.01 Å². The van der Waals surface area contributed by atoms with Crippen LogP contribution in [0.5, 0.6) is 0 Å². The Labute approximate surface area is 155 Å². The molecule has 0 aliphatic rings. The van der Waals surface area contributed by atoms with Crippen LogP contribution < -0.4 is 5.32 Å². The summed E-state index contributed by atoms with van der Waals surface area (Å²) >= 11 is 2.93. The van der Waals surface area contributed by atoms with E-state index in [9.17, 15) is 4.79 Å². The van der Waals surface area contributed by atoms with Gasteiger partial charge >= 0.3 is 0 Å². The van der Waals surface area contributed by atoms with Gasteiger partial charge in [-0.1, -0.05) is 41.7 Å². The first-order valence-corrected chi connectivity index (χ1v) is 9.60. The normalized spacial score (nSPS) is 11.0. The topological polar surface area (TPSA) is 58.1 Å². The van der Waals surface area contributed by atoms with Crippen LogP contribution in [0.2, 0.25) is 0 Å². The number of anilines is 1. The number of nitrogens with one attached hydrogen (secondary N) is 1. The maximum Gasteiger partial charge on any atom is 0.267 e. The van der Waals surface area contributed by atoms with Crippen molar-refractivity contribution in [3.63, 3.8) is 0 Å². The summed E-state index contributed by atoms with van der Waals surface area (Å²) in [5, 5.41) is 12.5. The van der Waals surface area contributed by atoms with Crippen molar-refractivity contribution in [2.45, 2.75) is 13.3 Å². The highest BCUT2D eigenvalue weighted by molar-refractivity contribution is 7.18. The Hall–Kier alpha value is -2.09. The number of likely N-dealkylation sites (N-methyl/N-ethyl adjacent to an activating group) is 1. The van der Waals surface area contributed by atoms with Gasteiger partial charge < -0.3 is 4.90 Å². The molecule has 0 aliphatic heterocycles. The van der Waals surface area contributed by atoms with Crippen LogP contribution in [0.3, 0.4) is 0 Å². The summed E-state index contributed by atoms with van der Waals surface area (Å²) in [5.41, 5.74) is 2.23. The monoisotopic (exact) mass is 372 g/mol. The fourth-order valence-corrected chi connectivity index (χ4v) is 4.15. The third-order valence-corrected chi connectivity index (χ3v) is 5.82. The molecule has 0 saturated carbocycles. The average Bonchev–Trinajstić information content (AvgIpc) is 3.20. The number of hydrogen-bond acceptors (Lipinski definition) is 6. The quantitative estimate of drug-likeness (QED) is 0.712. The number of thiophene rings is 1. The third kappa shape index (κ3) is 4.50. The van der Waals surface area contributed by atoms with Crippen molar-refractivity contribution in [1.29, 1.82) is 0 Å². The van der Waals surface area contributed by atoms with Gasteiger partial charge in [-0.05, 0) is 38.2 Å². The highest BCUT2D eigenvalue weighted by atomic mass is 32.1. The second kappa shape index (κ2) is 7.86. The first-order valence-electron chi connectivity index (χ1n) is 7.97. The summed E-state index contributed by atoms with van der Waals surface area (Å²) in [6, 6.07) is 12.0. The lowest BCUT2D eigenvalue weighted by Gasteiger charge is -2.05. The maximum atomic E-state index is 12.5. The molecule has 0 unspecified atom stereocenters. The van der Waals surface area contributed by atoms with E-state index >= 15 is 0 Å². The van der Waals surface area contributed by atoms with Crippen molar-refractivity contribution in [3.8, 4) is 10.4 Å². The van der Waals surface area contributed by atoms with Crippen LogP contribution in [0.1, 0.15) is 20.2 Å². The fourth-order valence-electron chi connectivity index (χ4n) is 2.35. The Kier molecular flexibility index (Phi) is 5.57. The number of rotatable bonds is 6. The molecule has 0 radical (unpaired) electrons. The molecular weight excluding hydrogens is 352 g/mol. The molecule has 0 fully saturated rings. The molecule has 7 heteroatoms. The van der Waals surface area contributed by atoms with Gasteiger partial charge in [-0.3, -0.25) is 10.1 Å². The minimum absolute atomic E-state index is 0.134. The van der Waals surface area contributed by atoms with Gasteiger partial charge in [0.25, 0.3) is 5.91 Å². The lowest BCUT2D eigenvalue weighted by molar-refractivity contribution is 0.103. The lowest BCUT2D eigenvalue weighted by Crippen LogP contribution is -2.14. The molecule has 2 heterocycles. The standard InChI is InChI=1S/C18H20N4OS2/c1-12-11-14(24-16(12)13-7-5-4-6-8-13)17(23)19-18-21-20-15(25-18)9-10-22(2)3/h4-8,11H,9-10H2,1-3H3,(H,19,21,23). The lowest BCUT2D eigenvalue weighted by atomic mass is 10.1. The zero-order valence-corrected chi connectivity index (χ0v) is 16.1. The minimum Gasteiger partial charge on any atom is -0.309 e. The van der Waals surface area contributed by atoms with E-state index < -0.39 is 0 Å². The van der Waals surface area contributed by atoms with Crippen molar-refractivity contribution in [2.75, 3.05) is 26.0 Å². The minimum atomic E-state index is -0.134. The van der Waals surface area contributed by atoms with Gasteiger partial charge in [-0.15, -0.1) is 21.5 Å². The van der Waals surface area contributed by atoms with E-state index in [1.807, 2.05) is 45.3 Å². The first kappa shape index (κ1) is 17.7. The van der Waals surface area contributed by atoms with Gasteiger partial charge in [0.05, 0.1) is 4.88 Å². The first-order chi connectivity index (χ1) is 12.0. The van der Waals surface area contributed by atoms with Crippen molar-refractivity contribution in [2.24, 2.45) is 0 Å². The van der Waals surface area contributed by atoms with Gasteiger partial charge in [0.15, 0.2) is 0 Å². The van der Waals surface area contributed by atoms with Gasteiger partial charge in [0.2, 0.25) is 5.13 Å². The van der Waals surface area contributed by atoms with Crippen LogP contribution in [-0.2, 0) is 6.42 Å². The van der Waals surface area contributed by atoms with Crippen molar-refractivity contribution in [3.05, 3.63) is 51.8 Å². The molecule has 0 atom stereocenters. The fraction of sp³-hybridized carbons (Fsp3) is 0.278. The van der Waals surface area contributed by atoms with E-state index in [0.29, 0.717) is 10.0 Å². The summed E-state index contributed by atoms with van der Waals surface area (Å²) in [6.45, 7) is 2.94. The van der Waals surface area contributed by atoms with Crippen LogP contribution in [0.4, 0.5) is 5.13 Å². The van der Waals surface area contributed by atoms with Crippen LogP contribution in [0.25, 0.3) is 10.4 Å². The van der Waals surface area contributed by atoms with Crippen molar-refractivity contribution >= 4 is 33.7 Å². The van der Waals surface area contributed by atoms with Crippen LogP contribution in [0, 0.1) is 6.92 Å². The molecule has 1 amide bonds. The molecule has 2 aromatic heterocycles. The summed E-state index contributed by atoms with van der Waals surface area (Å²) < 4.78 is 0. The Morgan fingerprint density at radius 1 is 1.16 bits per heavy atom. The van der Waals surface area contributed by atoms with E-state index in [4.69, 9.17) is 0 Å². The number of nitrogens with zero attached hydrogens (tertiary/aromatic N) is 3. The van der Waals surface area contributed by atoms with E-state index in [-0.39, 0.29) is 5.91 Å². The average molecular weight is 373 g/mol. The second-order valence-corrected chi connectivity index (χ2v) is 8.11. The van der Waals surface area contributed by atoms with E-state index in [0.717, 1.165) is 34.0 Å². The number of carbonyl (C=O) groups excluding carboxylic acids is 1. The molecule has 0 aliphatic carbocycles. The van der Waals surface area contributed by atoms with E-state index in [1.54, 1.807) is 0 Å². The summed E-state index contributed by atoms with van der Waals surface area (Å²) in [4.78, 5) is 16.4. The molecule has 25 heavy (non-hydrogen) atoms. The highest BCUT2D eigenvalue weighted by Gasteiger charge is 2.15. The number of benzene rings is 1. The van der Waals surface area contributed by atoms with Crippen LogP contribution in [0.15, 0.2) is 36.4 Å². The van der Waals surface area contributed by atoms with E-state index in [1.165, 1.54) is 22.7 Å². The van der Waals surface area contributed by atoms with Gasteiger partial charge in [-0.2, -0.15) is 0 Å². The van der Waals surface area contributed by atoms with Gasteiger partial charge in [-0.25, -0.2) is 0 Å². The molecule has 1 N–H and O–H groups in total. The zero-order chi connectivity index (χ0) is 17.8. The maximum absolute atomic E-state index is 12.5. The summed E-state index contributed by atoms with van der Waals surface area (Å²) in [6.07, 6.45) is 0.830. The highest BCUT2D eigenvalue weighted by Crippen LogP contribution is 2.32. The predicted octanol–water partition coefficient (Wildman–Crippen LogP) is 3.93. The predicted molar refractivity (Wildman–Crippen MR) is 105 cm³/mol. The molecule has 0 saturated heterocycles. The molecule has 3 aromatic rings. The third-order valence-electron chi connectivity index (χ3n) is 3.64. The molecule has 1 aromatic carbocycles. The Morgan fingerprint density at radius 2 is 1.92 bits per heavy atom. The Morgan fingerprint density at radius 3 is 2.64 bits per heavy atom. The largest absolute Gasteiger partial charge is 0.309 e. The number of aryl methyl sites for hydroxylation is 1. The van der Waals surface area contributed by atoms with Crippen molar-refractivity contribution < 1.29 is 4.79 Å². The number of carbonyl (C=O) groups is 1. The molecule has 0 bridgehead atoms. The molecule has 5 nitrogen and oxygen atoms in total. The number of aromatic nitrogens is 2. The number of hydrogen-bond donors (Lipinski definition) is 1. The second-order valence-electron chi connectivity index (χ2n) is 6.00. The summed E-state index contributed by atoms with van der Waals surface area (Å²) in [7, 11) is 4.04. The SMILES string of the molecule is Cc1cc(C(=O)Nc2nnc(CCN(C)C)s2)sc1-c1ccccc1. The summed E-state index contributed by atoms with van der Waals surface area (Å²) in [5.74, 6) is -0.134. The van der Waals surface area contributed by atoms with Crippen LogP contribution in [-0.4, -0.2) is 41.6 Å². The smallest absolute Gasteiger partial charge is 0.267 e. The Balaban J connectivity index is 1.70. The van der Waals surface area contributed by atoms with Crippen molar-refractivity contribution in [1.82, 2.24) is 15.1 Å². The molecule has 3 rings (SSSR count). The number of amides is 1. The molecule has 130 valence electrons.